The molecule has 1 aliphatic rings. The number of aryl methyl sites for hydroxylation is 1. The van der Waals surface area contributed by atoms with Crippen molar-refractivity contribution in [3.05, 3.63) is 35.1 Å². The largest absolute Gasteiger partial charge is 0.481 e. The summed E-state index contributed by atoms with van der Waals surface area (Å²) in [5.74, 6) is -2.66. The third kappa shape index (κ3) is 3.16. The highest BCUT2D eigenvalue weighted by Crippen LogP contribution is 2.23. The van der Waals surface area contributed by atoms with Gasteiger partial charge in [0.05, 0.1) is 11.7 Å². The lowest BCUT2D eigenvalue weighted by Crippen LogP contribution is -2.31. The molecule has 20 heavy (non-hydrogen) atoms. The molecule has 5 nitrogen and oxygen atoms in total. The molecule has 1 aliphatic heterocycles. The molecule has 1 unspecified atom stereocenters. The van der Waals surface area contributed by atoms with Crippen molar-refractivity contribution in [2.45, 2.75) is 19.1 Å². The van der Waals surface area contributed by atoms with Gasteiger partial charge in [-0.05, 0) is 25.0 Å². The van der Waals surface area contributed by atoms with Crippen molar-refractivity contribution in [3.8, 4) is 0 Å². The fourth-order valence-electron chi connectivity index (χ4n) is 2.24. The van der Waals surface area contributed by atoms with Gasteiger partial charge in [-0.1, -0.05) is 12.1 Å². The first-order valence-electron chi connectivity index (χ1n) is 6.25. The lowest BCUT2D eigenvalue weighted by Gasteiger charge is -2.16. The van der Waals surface area contributed by atoms with Gasteiger partial charge < -0.3 is 5.11 Å². The van der Waals surface area contributed by atoms with E-state index in [2.05, 4.69) is 0 Å². The molecule has 0 aliphatic carbocycles. The standard InChI is InChI=1S/C13H16FNO4S/c1-9-2-3-11(12(14)6-9)8-20(18,19)15-5-4-10(7-15)13(16)17/h2-3,6,10H,4-5,7-8H2,1H3,(H,16,17). The van der Waals surface area contributed by atoms with Gasteiger partial charge in [0.25, 0.3) is 0 Å². The summed E-state index contributed by atoms with van der Waals surface area (Å²) in [6.45, 7) is 1.86. The molecule has 0 spiro atoms. The maximum atomic E-state index is 13.7. The third-order valence-corrected chi connectivity index (χ3v) is 5.23. The Balaban J connectivity index is 2.14. The Morgan fingerprint density at radius 2 is 2.20 bits per heavy atom. The molecule has 0 saturated carbocycles. The molecular weight excluding hydrogens is 285 g/mol. The maximum Gasteiger partial charge on any atom is 0.307 e. The molecule has 1 N–H and O–H groups in total. The van der Waals surface area contributed by atoms with Crippen molar-refractivity contribution in [2.75, 3.05) is 13.1 Å². The predicted molar refractivity (Wildman–Crippen MR) is 71.1 cm³/mol. The van der Waals surface area contributed by atoms with Crippen molar-refractivity contribution in [3.63, 3.8) is 0 Å². The quantitative estimate of drug-likeness (QED) is 0.911. The van der Waals surface area contributed by atoms with Gasteiger partial charge in [0, 0.05) is 18.7 Å². The van der Waals surface area contributed by atoms with Crippen LogP contribution in [0.15, 0.2) is 18.2 Å². The second kappa shape index (κ2) is 5.49. The number of carboxylic acids is 1. The molecule has 0 bridgehead atoms. The van der Waals surface area contributed by atoms with E-state index < -0.39 is 33.5 Å². The number of sulfonamides is 1. The number of nitrogens with zero attached hydrogens (tertiary/aromatic N) is 1. The SMILES string of the molecule is Cc1ccc(CS(=O)(=O)N2CCC(C(=O)O)C2)c(F)c1. The molecule has 1 aromatic carbocycles. The molecule has 1 heterocycles. The van der Waals surface area contributed by atoms with Gasteiger partial charge >= 0.3 is 5.97 Å². The molecule has 1 saturated heterocycles. The Hall–Kier alpha value is -1.47. The van der Waals surface area contributed by atoms with Crippen LogP contribution < -0.4 is 0 Å². The van der Waals surface area contributed by atoms with Crippen molar-refractivity contribution < 1.29 is 22.7 Å². The van der Waals surface area contributed by atoms with Crippen molar-refractivity contribution in [2.24, 2.45) is 5.92 Å². The van der Waals surface area contributed by atoms with Gasteiger partial charge in [0.2, 0.25) is 10.0 Å². The molecule has 0 radical (unpaired) electrons. The fraction of sp³-hybridized carbons (Fsp3) is 0.462. The minimum Gasteiger partial charge on any atom is -0.481 e. The third-order valence-electron chi connectivity index (χ3n) is 3.44. The number of carbonyl (C=O) groups is 1. The minimum absolute atomic E-state index is 0.0366. The van der Waals surface area contributed by atoms with Crippen molar-refractivity contribution >= 4 is 16.0 Å². The summed E-state index contributed by atoms with van der Waals surface area (Å²) >= 11 is 0. The predicted octanol–water partition coefficient (Wildman–Crippen LogP) is 1.37. The Kier molecular flexibility index (Phi) is 4.10. The highest BCUT2D eigenvalue weighted by Gasteiger charge is 2.35. The van der Waals surface area contributed by atoms with Crippen molar-refractivity contribution in [1.29, 1.82) is 0 Å². The van der Waals surface area contributed by atoms with E-state index in [1.54, 1.807) is 13.0 Å². The van der Waals surface area contributed by atoms with E-state index >= 15 is 0 Å². The molecule has 1 fully saturated rings. The van der Waals surface area contributed by atoms with E-state index in [9.17, 15) is 17.6 Å². The Bertz CT molecular complexity index is 629. The van der Waals surface area contributed by atoms with Gasteiger partial charge in [-0.25, -0.2) is 17.1 Å². The first-order chi connectivity index (χ1) is 9.29. The Morgan fingerprint density at radius 3 is 2.75 bits per heavy atom. The van der Waals surface area contributed by atoms with Crippen LogP contribution >= 0.6 is 0 Å². The summed E-state index contributed by atoms with van der Waals surface area (Å²) in [6.07, 6.45) is 0.297. The molecule has 7 heteroatoms. The minimum atomic E-state index is -3.68. The summed E-state index contributed by atoms with van der Waals surface area (Å²) in [5, 5.41) is 8.88. The number of aliphatic carboxylic acids is 1. The normalized spacial score (nSPS) is 20.2. The Morgan fingerprint density at radius 1 is 1.50 bits per heavy atom. The molecule has 1 atom stereocenters. The molecule has 0 amide bonds. The van der Waals surface area contributed by atoms with Gasteiger partial charge in [0.1, 0.15) is 5.82 Å². The summed E-state index contributed by atoms with van der Waals surface area (Å²) in [5.41, 5.74) is 0.824. The number of carboxylic acid groups (broad SMARTS) is 1. The van der Waals surface area contributed by atoms with Crippen LogP contribution in [-0.4, -0.2) is 36.9 Å². The summed E-state index contributed by atoms with van der Waals surface area (Å²) < 4.78 is 39.2. The molecule has 2 rings (SSSR count). The van der Waals surface area contributed by atoms with E-state index in [1.165, 1.54) is 12.1 Å². The summed E-state index contributed by atoms with van der Waals surface area (Å²) in [4.78, 5) is 10.8. The van der Waals surface area contributed by atoms with E-state index in [4.69, 9.17) is 5.11 Å². The highest BCUT2D eigenvalue weighted by molar-refractivity contribution is 7.88. The molecule has 110 valence electrons. The number of benzene rings is 1. The average Bonchev–Trinajstić information content (AvgIpc) is 2.83. The van der Waals surface area contributed by atoms with Crippen LogP contribution in [0.3, 0.4) is 0 Å². The zero-order valence-corrected chi connectivity index (χ0v) is 11.9. The number of rotatable bonds is 4. The number of halogens is 1. The topological polar surface area (TPSA) is 74.7 Å². The summed E-state index contributed by atoms with van der Waals surface area (Å²) in [7, 11) is -3.68. The van der Waals surface area contributed by atoms with Crippen LogP contribution in [0.2, 0.25) is 0 Å². The monoisotopic (exact) mass is 301 g/mol. The van der Waals surface area contributed by atoms with Crippen molar-refractivity contribution in [1.82, 2.24) is 4.31 Å². The Labute approximate surface area is 117 Å². The van der Waals surface area contributed by atoms with Gasteiger partial charge in [-0.3, -0.25) is 4.79 Å². The first kappa shape index (κ1) is 14.9. The van der Waals surface area contributed by atoms with E-state index in [-0.39, 0.29) is 18.7 Å². The lowest BCUT2D eigenvalue weighted by molar-refractivity contribution is -0.141. The van der Waals surface area contributed by atoms with Crippen LogP contribution in [0.4, 0.5) is 4.39 Å². The zero-order chi connectivity index (χ0) is 14.9. The van der Waals surface area contributed by atoms with E-state index in [0.29, 0.717) is 6.42 Å². The fourth-order valence-corrected chi connectivity index (χ4v) is 3.84. The molecule has 0 aromatic heterocycles. The van der Waals surface area contributed by atoms with E-state index in [0.717, 1.165) is 9.87 Å². The second-order valence-corrected chi connectivity index (χ2v) is 7.00. The van der Waals surface area contributed by atoms with Crippen LogP contribution in [-0.2, 0) is 20.6 Å². The number of hydrogen-bond acceptors (Lipinski definition) is 3. The van der Waals surface area contributed by atoms with Crippen LogP contribution in [0.5, 0.6) is 0 Å². The molecule has 1 aromatic rings. The molecular formula is C13H16FNO4S. The first-order valence-corrected chi connectivity index (χ1v) is 7.86. The van der Waals surface area contributed by atoms with Crippen LogP contribution in [0, 0.1) is 18.7 Å². The van der Waals surface area contributed by atoms with E-state index in [1.807, 2.05) is 0 Å². The van der Waals surface area contributed by atoms with Gasteiger partial charge in [-0.2, -0.15) is 0 Å². The van der Waals surface area contributed by atoms with Gasteiger partial charge in [0.15, 0.2) is 0 Å². The highest BCUT2D eigenvalue weighted by atomic mass is 32.2. The number of hydrogen-bond donors (Lipinski definition) is 1. The van der Waals surface area contributed by atoms with Gasteiger partial charge in [-0.15, -0.1) is 0 Å². The second-order valence-electron chi connectivity index (χ2n) is 5.03. The summed E-state index contributed by atoms with van der Waals surface area (Å²) in [6, 6.07) is 4.39. The van der Waals surface area contributed by atoms with Crippen LogP contribution in [0.1, 0.15) is 17.5 Å². The maximum absolute atomic E-state index is 13.7. The average molecular weight is 301 g/mol. The zero-order valence-electron chi connectivity index (χ0n) is 11.0. The smallest absolute Gasteiger partial charge is 0.307 e. The lowest BCUT2D eigenvalue weighted by atomic mass is 10.1. The van der Waals surface area contributed by atoms with Crippen LogP contribution in [0.25, 0.3) is 0 Å².